The zero-order valence-electron chi connectivity index (χ0n) is 12.4. The standard InChI is InChI=1S/C18H15N3S/c1-21-15-10-11-19-16(17(15)20-18(21)22-2)14-9-5-7-12-6-3-4-8-13(12)14/h3-11H,1-2H3. The number of nitrogens with zero attached hydrogens (tertiary/aromatic N) is 3. The van der Waals surface area contributed by atoms with Crippen molar-refractivity contribution in [3.63, 3.8) is 0 Å². The number of aryl methyl sites for hydroxylation is 1. The van der Waals surface area contributed by atoms with E-state index in [1.165, 1.54) is 10.8 Å². The monoisotopic (exact) mass is 305 g/mol. The number of rotatable bonds is 2. The predicted octanol–water partition coefficient (Wildman–Crippen LogP) is 4.51. The highest BCUT2D eigenvalue weighted by Crippen LogP contribution is 2.33. The molecule has 0 bridgehead atoms. The zero-order valence-corrected chi connectivity index (χ0v) is 13.3. The maximum Gasteiger partial charge on any atom is 0.168 e. The smallest absolute Gasteiger partial charge is 0.168 e. The summed E-state index contributed by atoms with van der Waals surface area (Å²) < 4.78 is 2.12. The number of pyridine rings is 1. The zero-order chi connectivity index (χ0) is 15.1. The van der Waals surface area contributed by atoms with Gasteiger partial charge < -0.3 is 4.57 Å². The van der Waals surface area contributed by atoms with Crippen molar-refractivity contribution in [2.75, 3.05) is 6.26 Å². The van der Waals surface area contributed by atoms with Gasteiger partial charge in [0.2, 0.25) is 0 Å². The first kappa shape index (κ1) is 13.3. The van der Waals surface area contributed by atoms with Crippen LogP contribution in [0.1, 0.15) is 0 Å². The summed E-state index contributed by atoms with van der Waals surface area (Å²) in [5.74, 6) is 0. The molecule has 22 heavy (non-hydrogen) atoms. The van der Waals surface area contributed by atoms with Crippen LogP contribution in [0, 0.1) is 0 Å². The fourth-order valence-electron chi connectivity index (χ4n) is 2.91. The summed E-state index contributed by atoms with van der Waals surface area (Å²) in [6, 6.07) is 16.8. The minimum absolute atomic E-state index is 0.949. The Morgan fingerprint density at radius 2 is 1.82 bits per heavy atom. The normalized spacial score (nSPS) is 11.4. The van der Waals surface area contributed by atoms with Gasteiger partial charge in [0.05, 0.1) is 11.2 Å². The highest BCUT2D eigenvalue weighted by Gasteiger charge is 2.14. The molecule has 2 aromatic heterocycles. The van der Waals surface area contributed by atoms with E-state index in [9.17, 15) is 0 Å². The Hall–Kier alpha value is -2.33. The molecule has 0 atom stereocenters. The van der Waals surface area contributed by atoms with Crippen LogP contribution in [0.3, 0.4) is 0 Å². The second kappa shape index (κ2) is 5.14. The fraction of sp³-hybridized carbons (Fsp3) is 0.111. The Morgan fingerprint density at radius 1 is 1.00 bits per heavy atom. The van der Waals surface area contributed by atoms with Gasteiger partial charge in [0.15, 0.2) is 5.16 Å². The van der Waals surface area contributed by atoms with Crippen molar-refractivity contribution < 1.29 is 0 Å². The Balaban J connectivity index is 2.09. The molecule has 4 rings (SSSR count). The summed E-state index contributed by atoms with van der Waals surface area (Å²) in [6.07, 6.45) is 3.91. The van der Waals surface area contributed by atoms with Gasteiger partial charge in [-0.1, -0.05) is 54.2 Å². The third-order valence-electron chi connectivity index (χ3n) is 3.99. The number of hydrogen-bond acceptors (Lipinski definition) is 3. The summed E-state index contributed by atoms with van der Waals surface area (Å²) in [4.78, 5) is 9.41. The van der Waals surface area contributed by atoms with Gasteiger partial charge >= 0.3 is 0 Å². The first-order valence-electron chi connectivity index (χ1n) is 7.13. The Morgan fingerprint density at radius 3 is 2.68 bits per heavy atom. The van der Waals surface area contributed by atoms with E-state index in [0.717, 1.165) is 27.4 Å². The van der Waals surface area contributed by atoms with E-state index < -0.39 is 0 Å². The molecule has 0 amide bonds. The largest absolute Gasteiger partial charge is 0.322 e. The highest BCUT2D eigenvalue weighted by molar-refractivity contribution is 7.98. The molecule has 0 saturated carbocycles. The van der Waals surface area contributed by atoms with Gasteiger partial charge in [-0.2, -0.15) is 0 Å². The van der Waals surface area contributed by atoms with Crippen molar-refractivity contribution in [3.8, 4) is 11.3 Å². The van der Waals surface area contributed by atoms with E-state index in [-0.39, 0.29) is 0 Å². The Kier molecular flexibility index (Phi) is 3.12. The average Bonchev–Trinajstić information content (AvgIpc) is 2.91. The maximum atomic E-state index is 4.78. The van der Waals surface area contributed by atoms with Crippen LogP contribution in [0.2, 0.25) is 0 Å². The molecule has 2 heterocycles. The fourth-order valence-corrected chi connectivity index (χ4v) is 3.46. The molecule has 0 radical (unpaired) electrons. The second-order valence-electron chi connectivity index (χ2n) is 5.21. The van der Waals surface area contributed by atoms with Crippen LogP contribution in [0.4, 0.5) is 0 Å². The van der Waals surface area contributed by atoms with Crippen LogP contribution in [-0.2, 0) is 7.05 Å². The van der Waals surface area contributed by atoms with E-state index >= 15 is 0 Å². The van der Waals surface area contributed by atoms with Crippen molar-refractivity contribution in [2.45, 2.75) is 5.16 Å². The Bertz CT molecular complexity index is 983. The molecule has 0 N–H and O–H groups in total. The first-order valence-corrected chi connectivity index (χ1v) is 8.35. The van der Waals surface area contributed by atoms with Gasteiger partial charge in [-0.3, -0.25) is 4.98 Å². The SMILES string of the molecule is CSc1nc2c(-c3cccc4ccccc34)nccc2n1C. The van der Waals surface area contributed by atoms with Crippen LogP contribution in [0.25, 0.3) is 33.1 Å². The van der Waals surface area contributed by atoms with Crippen LogP contribution >= 0.6 is 11.8 Å². The predicted molar refractivity (Wildman–Crippen MR) is 93.2 cm³/mol. The molecular weight excluding hydrogens is 290 g/mol. The average molecular weight is 305 g/mol. The van der Waals surface area contributed by atoms with E-state index in [4.69, 9.17) is 4.98 Å². The second-order valence-corrected chi connectivity index (χ2v) is 5.98. The summed E-state index contributed by atoms with van der Waals surface area (Å²) in [5, 5.41) is 3.44. The van der Waals surface area contributed by atoms with Crippen LogP contribution < -0.4 is 0 Å². The molecule has 0 spiro atoms. The van der Waals surface area contributed by atoms with Crippen molar-refractivity contribution in [1.82, 2.24) is 14.5 Å². The molecule has 108 valence electrons. The molecule has 0 aliphatic heterocycles. The number of hydrogen-bond donors (Lipinski definition) is 0. The minimum Gasteiger partial charge on any atom is -0.322 e. The third-order valence-corrected chi connectivity index (χ3v) is 4.72. The summed E-state index contributed by atoms with van der Waals surface area (Å²) in [7, 11) is 2.05. The van der Waals surface area contributed by atoms with Gasteiger partial charge in [0.1, 0.15) is 5.52 Å². The third kappa shape index (κ3) is 1.91. The number of aromatic nitrogens is 3. The number of benzene rings is 2. The van der Waals surface area contributed by atoms with Crippen molar-refractivity contribution in [2.24, 2.45) is 7.05 Å². The van der Waals surface area contributed by atoms with E-state index in [1.807, 2.05) is 25.6 Å². The van der Waals surface area contributed by atoms with Crippen LogP contribution in [-0.4, -0.2) is 20.8 Å². The minimum atomic E-state index is 0.949. The molecule has 4 heteroatoms. The van der Waals surface area contributed by atoms with E-state index in [1.54, 1.807) is 11.8 Å². The van der Waals surface area contributed by atoms with Gasteiger partial charge in [0, 0.05) is 18.8 Å². The lowest BCUT2D eigenvalue weighted by molar-refractivity contribution is 0.817. The number of fused-ring (bicyclic) bond motifs is 2. The maximum absolute atomic E-state index is 4.78. The van der Waals surface area contributed by atoms with Gasteiger partial charge in [-0.05, 0) is 23.1 Å². The topological polar surface area (TPSA) is 30.7 Å². The van der Waals surface area contributed by atoms with Gasteiger partial charge in [-0.15, -0.1) is 0 Å². The van der Waals surface area contributed by atoms with E-state index in [2.05, 4.69) is 52.0 Å². The van der Waals surface area contributed by atoms with Gasteiger partial charge in [-0.25, -0.2) is 4.98 Å². The van der Waals surface area contributed by atoms with Crippen molar-refractivity contribution >= 4 is 33.6 Å². The van der Waals surface area contributed by atoms with Crippen LogP contribution in [0.15, 0.2) is 59.9 Å². The lowest BCUT2D eigenvalue weighted by atomic mass is 10.0. The molecule has 3 nitrogen and oxygen atoms in total. The first-order chi connectivity index (χ1) is 10.8. The molecule has 0 unspecified atom stereocenters. The van der Waals surface area contributed by atoms with Crippen molar-refractivity contribution in [1.29, 1.82) is 0 Å². The Labute approximate surface area is 133 Å². The lowest BCUT2D eigenvalue weighted by Crippen LogP contribution is -1.90. The van der Waals surface area contributed by atoms with Gasteiger partial charge in [0.25, 0.3) is 0 Å². The summed E-state index contributed by atoms with van der Waals surface area (Å²) >= 11 is 1.65. The molecular formula is C18H15N3S. The summed E-state index contributed by atoms with van der Waals surface area (Å²) in [6.45, 7) is 0. The molecule has 4 aromatic rings. The lowest BCUT2D eigenvalue weighted by Gasteiger charge is -2.06. The van der Waals surface area contributed by atoms with E-state index in [0.29, 0.717) is 0 Å². The summed E-state index contributed by atoms with van der Waals surface area (Å²) in [5.41, 5.74) is 4.16. The van der Waals surface area contributed by atoms with Crippen LogP contribution in [0.5, 0.6) is 0 Å². The molecule has 0 aliphatic rings. The molecule has 2 aromatic carbocycles. The highest BCUT2D eigenvalue weighted by atomic mass is 32.2. The molecule has 0 fully saturated rings. The molecule has 0 aliphatic carbocycles. The van der Waals surface area contributed by atoms with Crippen molar-refractivity contribution in [3.05, 3.63) is 54.7 Å². The number of thioether (sulfide) groups is 1. The number of imidazole rings is 1. The quantitative estimate of drug-likeness (QED) is 0.510. The molecule has 0 saturated heterocycles.